The average Bonchev–Trinajstić information content (AvgIpc) is 2.85. The number of rotatable bonds is 4. The van der Waals surface area contributed by atoms with Crippen LogP contribution in [0.3, 0.4) is 0 Å². The zero-order chi connectivity index (χ0) is 14.1. The van der Waals surface area contributed by atoms with Crippen molar-refractivity contribution in [1.82, 2.24) is 4.90 Å². The second-order valence-electron chi connectivity index (χ2n) is 7.41. The van der Waals surface area contributed by atoms with Crippen LogP contribution in [-0.2, 0) is 4.74 Å². The van der Waals surface area contributed by atoms with Crippen LogP contribution in [-0.4, -0.2) is 36.4 Å². The summed E-state index contributed by atoms with van der Waals surface area (Å²) in [6, 6.07) is 0.437. The first-order valence-corrected chi connectivity index (χ1v) is 10.7. The molecular formula is C14H29NO2Si. The molecule has 106 valence electrons. The Morgan fingerprint density at radius 1 is 1.28 bits per heavy atom. The fourth-order valence-corrected chi connectivity index (χ4v) is 5.08. The summed E-state index contributed by atoms with van der Waals surface area (Å²) < 4.78 is 5.51. The Kier molecular flexibility index (Phi) is 4.52. The number of amides is 1. The first-order chi connectivity index (χ1) is 8.08. The molecule has 0 spiro atoms. The number of hydrogen-bond donors (Lipinski definition) is 0. The van der Waals surface area contributed by atoms with Crippen molar-refractivity contribution in [1.29, 1.82) is 0 Å². The van der Waals surface area contributed by atoms with Gasteiger partial charge in [-0.2, -0.15) is 0 Å². The lowest BCUT2D eigenvalue weighted by Crippen LogP contribution is -2.35. The highest BCUT2D eigenvalue weighted by atomic mass is 28.3. The average molecular weight is 271 g/mol. The molecule has 1 aliphatic rings. The summed E-state index contributed by atoms with van der Waals surface area (Å²) >= 11 is 0. The number of carbonyl (C=O) groups excluding carboxylic acids is 1. The molecule has 0 saturated carbocycles. The zero-order valence-electron chi connectivity index (χ0n) is 13.0. The Morgan fingerprint density at radius 2 is 1.83 bits per heavy atom. The van der Waals surface area contributed by atoms with E-state index in [1.54, 1.807) is 0 Å². The predicted octanol–water partition coefficient (Wildman–Crippen LogP) is 4.04. The summed E-state index contributed by atoms with van der Waals surface area (Å²) in [5.41, 5.74) is 0.0813. The molecule has 1 amide bonds. The molecule has 0 aromatic rings. The van der Waals surface area contributed by atoms with E-state index in [2.05, 4.69) is 26.6 Å². The van der Waals surface area contributed by atoms with Gasteiger partial charge in [0.15, 0.2) is 0 Å². The van der Waals surface area contributed by atoms with Crippen LogP contribution in [0.4, 0.5) is 4.79 Å². The smallest absolute Gasteiger partial charge is 0.410 e. The molecule has 2 atom stereocenters. The Bertz CT molecular complexity index is 304. The minimum atomic E-state index is -1.31. The molecule has 1 rings (SSSR count). The topological polar surface area (TPSA) is 29.3 Å². The lowest BCUT2D eigenvalue weighted by Gasteiger charge is -2.21. The van der Waals surface area contributed by atoms with E-state index in [0.717, 1.165) is 6.42 Å². The molecule has 18 heavy (non-hydrogen) atoms. The van der Waals surface area contributed by atoms with Crippen LogP contribution in [0.2, 0.25) is 19.6 Å². The monoisotopic (exact) mass is 271 g/mol. The summed E-state index contributed by atoms with van der Waals surface area (Å²) in [5.74, 6) is 0. The SMILES string of the molecule is CCCC[C@H]1[C@H]([Si](C)(C)C)N1C(=O)OC(C)(C)C. The Labute approximate surface area is 113 Å². The van der Waals surface area contributed by atoms with Crippen LogP contribution in [0.5, 0.6) is 0 Å². The molecule has 0 aromatic heterocycles. The second-order valence-corrected chi connectivity index (χ2v) is 12.7. The maximum absolute atomic E-state index is 12.2. The number of carbonyl (C=O) groups is 1. The molecule has 0 radical (unpaired) electrons. The van der Waals surface area contributed by atoms with Gasteiger partial charge in [-0.1, -0.05) is 39.4 Å². The molecular weight excluding hydrogens is 242 g/mol. The highest BCUT2D eigenvalue weighted by Gasteiger charge is 2.57. The summed E-state index contributed by atoms with van der Waals surface area (Å²) in [4.78, 5) is 14.2. The first-order valence-electron chi connectivity index (χ1n) is 7.09. The van der Waals surface area contributed by atoms with Crippen molar-refractivity contribution in [2.45, 2.75) is 83.9 Å². The van der Waals surface area contributed by atoms with Crippen molar-refractivity contribution < 1.29 is 9.53 Å². The van der Waals surface area contributed by atoms with Crippen molar-refractivity contribution >= 4 is 14.2 Å². The first kappa shape index (κ1) is 15.5. The third-order valence-corrected chi connectivity index (χ3v) is 5.71. The minimum Gasteiger partial charge on any atom is -0.444 e. The van der Waals surface area contributed by atoms with Crippen LogP contribution >= 0.6 is 0 Å². The van der Waals surface area contributed by atoms with Gasteiger partial charge in [0, 0.05) is 5.67 Å². The third-order valence-electron chi connectivity index (χ3n) is 3.28. The van der Waals surface area contributed by atoms with Gasteiger partial charge in [-0.05, 0) is 27.2 Å². The molecule has 1 saturated heterocycles. The van der Waals surface area contributed by atoms with Gasteiger partial charge in [-0.25, -0.2) is 4.79 Å². The van der Waals surface area contributed by atoms with E-state index in [-0.39, 0.29) is 11.7 Å². The van der Waals surface area contributed by atoms with Crippen LogP contribution in [0.15, 0.2) is 0 Å². The van der Waals surface area contributed by atoms with E-state index < -0.39 is 8.07 Å². The largest absolute Gasteiger partial charge is 0.444 e. The number of ether oxygens (including phenoxy) is 1. The van der Waals surface area contributed by atoms with Crippen LogP contribution in [0.25, 0.3) is 0 Å². The van der Waals surface area contributed by atoms with Gasteiger partial charge in [0.25, 0.3) is 0 Å². The van der Waals surface area contributed by atoms with E-state index in [1.165, 1.54) is 12.8 Å². The molecule has 1 heterocycles. The lowest BCUT2D eigenvalue weighted by atomic mass is 10.2. The fraction of sp³-hybridized carbons (Fsp3) is 0.929. The Morgan fingerprint density at radius 3 is 2.22 bits per heavy atom. The summed E-state index contributed by atoms with van der Waals surface area (Å²) in [6.07, 6.45) is 3.41. The summed E-state index contributed by atoms with van der Waals surface area (Å²) in [5, 5.41) is 0. The minimum absolute atomic E-state index is 0.115. The van der Waals surface area contributed by atoms with Crippen molar-refractivity contribution in [3.8, 4) is 0 Å². The standard InChI is InChI=1S/C14H29NO2Si/c1-8-9-10-11-12(18(5,6)7)15(11)13(16)17-14(2,3)4/h11-12H,8-10H2,1-7H3/t11-,12-,15?/m0/s1. The molecule has 1 fully saturated rings. The van der Waals surface area contributed by atoms with Crippen molar-refractivity contribution in [3.63, 3.8) is 0 Å². The lowest BCUT2D eigenvalue weighted by molar-refractivity contribution is 0.0399. The second kappa shape index (κ2) is 5.23. The summed E-state index contributed by atoms with van der Waals surface area (Å²) in [6.45, 7) is 15.0. The van der Waals surface area contributed by atoms with E-state index in [9.17, 15) is 4.79 Å². The molecule has 0 aromatic carbocycles. The van der Waals surface area contributed by atoms with Gasteiger partial charge in [-0.15, -0.1) is 0 Å². The van der Waals surface area contributed by atoms with Crippen molar-refractivity contribution in [2.75, 3.05) is 0 Å². The van der Waals surface area contributed by atoms with E-state index in [0.29, 0.717) is 11.7 Å². The molecule has 0 aliphatic carbocycles. The van der Waals surface area contributed by atoms with Crippen LogP contribution in [0, 0.1) is 0 Å². The van der Waals surface area contributed by atoms with Crippen molar-refractivity contribution in [2.24, 2.45) is 0 Å². The molecule has 0 N–H and O–H groups in total. The fourth-order valence-electron chi connectivity index (χ4n) is 2.55. The van der Waals surface area contributed by atoms with Crippen LogP contribution < -0.4 is 0 Å². The quantitative estimate of drug-likeness (QED) is 0.570. The van der Waals surface area contributed by atoms with Gasteiger partial charge in [-0.3, -0.25) is 0 Å². The Hall–Kier alpha value is -0.513. The van der Waals surface area contributed by atoms with Gasteiger partial charge >= 0.3 is 6.09 Å². The normalized spacial score (nSPS) is 24.1. The zero-order valence-corrected chi connectivity index (χ0v) is 14.0. The Balaban J connectivity index is 2.66. The highest BCUT2D eigenvalue weighted by Crippen LogP contribution is 2.40. The maximum atomic E-state index is 12.2. The number of nitrogens with zero attached hydrogens (tertiary/aromatic N) is 1. The number of hydrogen-bond acceptors (Lipinski definition) is 2. The van der Waals surface area contributed by atoms with E-state index >= 15 is 0 Å². The van der Waals surface area contributed by atoms with Gasteiger partial charge < -0.3 is 9.64 Å². The van der Waals surface area contributed by atoms with Gasteiger partial charge in [0.2, 0.25) is 0 Å². The van der Waals surface area contributed by atoms with Gasteiger partial charge in [0.05, 0.1) is 14.1 Å². The molecule has 3 nitrogen and oxygen atoms in total. The van der Waals surface area contributed by atoms with Crippen molar-refractivity contribution in [3.05, 3.63) is 0 Å². The third kappa shape index (κ3) is 4.01. The van der Waals surface area contributed by atoms with E-state index in [1.807, 2.05) is 25.7 Å². The molecule has 4 heteroatoms. The van der Waals surface area contributed by atoms with Gasteiger partial charge in [0.1, 0.15) is 5.60 Å². The highest BCUT2D eigenvalue weighted by molar-refractivity contribution is 6.78. The van der Waals surface area contributed by atoms with Crippen LogP contribution in [0.1, 0.15) is 47.0 Å². The van der Waals surface area contributed by atoms with E-state index in [4.69, 9.17) is 4.74 Å². The predicted molar refractivity (Wildman–Crippen MR) is 78.5 cm³/mol. The molecule has 0 bridgehead atoms. The number of unbranched alkanes of at least 4 members (excludes halogenated alkanes) is 1. The maximum Gasteiger partial charge on any atom is 0.410 e. The molecule has 1 aliphatic heterocycles. The summed E-state index contributed by atoms with van der Waals surface area (Å²) in [7, 11) is -1.31. The molecule has 0 unspecified atom stereocenters.